The maximum atomic E-state index is 11.9. The monoisotopic (exact) mass is 283 g/mol. The third kappa shape index (κ3) is 2.63. The van der Waals surface area contributed by atoms with Crippen LogP contribution in [0, 0.1) is 10.1 Å². The van der Waals surface area contributed by atoms with Crippen LogP contribution >= 0.6 is 22.9 Å². The average Bonchev–Trinajstić information content (AvgIpc) is 2.81. The lowest BCUT2D eigenvalue weighted by Crippen LogP contribution is -2.13. The molecule has 0 radical (unpaired) electrons. The number of nitrogens with one attached hydrogen (secondary N) is 1. The molecule has 2 heterocycles. The van der Waals surface area contributed by atoms with Crippen LogP contribution in [0.3, 0.4) is 0 Å². The van der Waals surface area contributed by atoms with E-state index >= 15 is 0 Å². The van der Waals surface area contributed by atoms with Crippen LogP contribution in [0.25, 0.3) is 0 Å². The minimum atomic E-state index is -0.675. The van der Waals surface area contributed by atoms with Crippen LogP contribution in [-0.2, 0) is 0 Å². The van der Waals surface area contributed by atoms with Gasteiger partial charge in [0.15, 0.2) is 0 Å². The van der Waals surface area contributed by atoms with Gasteiger partial charge in [-0.3, -0.25) is 14.9 Å². The molecule has 0 saturated heterocycles. The van der Waals surface area contributed by atoms with Crippen molar-refractivity contribution in [2.75, 3.05) is 5.32 Å². The average molecular weight is 284 g/mol. The van der Waals surface area contributed by atoms with Crippen molar-refractivity contribution in [1.29, 1.82) is 0 Å². The van der Waals surface area contributed by atoms with Gasteiger partial charge in [-0.25, -0.2) is 4.98 Å². The molecule has 1 amide bonds. The summed E-state index contributed by atoms with van der Waals surface area (Å²) in [4.78, 5) is 25.6. The van der Waals surface area contributed by atoms with E-state index < -0.39 is 10.8 Å². The van der Waals surface area contributed by atoms with Crippen molar-refractivity contribution in [3.63, 3.8) is 0 Å². The number of nitrogens with zero attached hydrogens (tertiary/aromatic N) is 2. The number of hydrogen-bond acceptors (Lipinski definition) is 5. The van der Waals surface area contributed by atoms with Crippen molar-refractivity contribution >= 4 is 40.2 Å². The molecule has 92 valence electrons. The molecule has 2 rings (SSSR count). The minimum Gasteiger partial charge on any atom is -0.321 e. The Morgan fingerprint density at radius 2 is 2.33 bits per heavy atom. The summed E-state index contributed by atoms with van der Waals surface area (Å²) in [7, 11) is 0. The zero-order valence-corrected chi connectivity index (χ0v) is 10.4. The zero-order valence-electron chi connectivity index (χ0n) is 8.79. The molecule has 6 nitrogen and oxygen atoms in total. The van der Waals surface area contributed by atoms with Gasteiger partial charge in [0.1, 0.15) is 16.9 Å². The van der Waals surface area contributed by atoms with Crippen molar-refractivity contribution < 1.29 is 9.72 Å². The highest BCUT2D eigenvalue weighted by Crippen LogP contribution is 2.22. The van der Waals surface area contributed by atoms with Crippen molar-refractivity contribution in [2.45, 2.75) is 0 Å². The number of thiophene rings is 1. The summed E-state index contributed by atoms with van der Waals surface area (Å²) >= 11 is 7.04. The zero-order chi connectivity index (χ0) is 13.1. The van der Waals surface area contributed by atoms with E-state index in [0.717, 1.165) is 6.20 Å². The van der Waals surface area contributed by atoms with E-state index in [0.29, 0.717) is 5.69 Å². The number of pyridine rings is 1. The maximum Gasteiger partial charge on any atom is 0.300 e. The first-order valence-electron chi connectivity index (χ1n) is 4.71. The molecular weight excluding hydrogens is 278 g/mol. The number of amides is 1. The molecule has 0 fully saturated rings. The molecule has 18 heavy (non-hydrogen) atoms. The molecule has 2 aromatic rings. The number of carbonyl (C=O) groups is 1. The quantitative estimate of drug-likeness (QED) is 0.533. The van der Waals surface area contributed by atoms with Gasteiger partial charge >= 0.3 is 0 Å². The van der Waals surface area contributed by atoms with Gasteiger partial charge in [-0.1, -0.05) is 11.6 Å². The summed E-state index contributed by atoms with van der Waals surface area (Å²) in [6.45, 7) is 0. The molecule has 0 unspecified atom stereocenters. The highest BCUT2D eigenvalue weighted by molar-refractivity contribution is 7.08. The Morgan fingerprint density at radius 3 is 2.94 bits per heavy atom. The summed E-state index contributed by atoms with van der Waals surface area (Å²) in [6, 6.07) is 2.86. The molecule has 0 spiro atoms. The fourth-order valence-electron chi connectivity index (χ4n) is 1.28. The second-order valence-electron chi connectivity index (χ2n) is 3.25. The van der Waals surface area contributed by atoms with Crippen LogP contribution in [0.5, 0.6) is 0 Å². The Hall–Kier alpha value is -1.99. The van der Waals surface area contributed by atoms with E-state index in [-0.39, 0.29) is 16.4 Å². The molecule has 2 aromatic heterocycles. The van der Waals surface area contributed by atoms with Gasteiger partial charge in [0, 0.05) is 5.38 Å². The molecular formula is C10H6ClN3O3S. The van der Waals surface area contributed by atoms with E-state index in [1.54, 1.807) is 16.8 Å². The molecule has 8 heteroatoms. The number of carbonyl (C=O) groups excluding carboxylic acids is 1. The Balaban J connectivity index is 2.34. The predicted molar refractivity (Wildman–Crippen MR) is 68.2 cm³/mol. The van der Waals surface area contributed by atoms with Crippen LogP contribution in [0.2, 0.25) is 5.15 Å². The largest absolute Gasteiger partial charge is 0.321 e. The second kappa shape index (κ2) is 5.11. The standard InChI is InChI=1S/C10H6ClN3O3S/c11-9-3-7(8(4-12-9)14(16)17)10(15)13-6-1-2-18-5-6/h1-5H,(H,13,15). The normalized spacial score (nSPS) is 10.1. The van der Waals surface area contributed by atoms with Gasteiger partial charge in [-0.2, -0.15) is 11.3 Å². The van der Waals surface area contributed by atoms with E-state index in [1.165, 1.54) is 17.4 Å². The Bertz CT molecular complexity index is 600. The Morgan fingerprint density at radius 1 is 1.56 bits per heavy atom. The smallest absolute Gasteiger partial charge is 0.300 e. The summed E-state index contributed by atoms with van der Waals surface area (Å²) < 4.78 is 0. The first-order valence-corrected chi connectivity index (χ1v) is 6.03. The van der Waals surface area contributed by atoms with Gasteiger partial charge in [0.2, 0.25) is 0 Å². The lowest BCUT2D eigenvalue weighted by molar-refractivity contribution is -0.385. The summed E-state index contributed by atoms with van der Waals surface area (Å²) in [5.74, 6) is -0.593. The Kier molecular flexibility index (Phi) is 3.54. The van der Waals surface area contributed by atoms with E-state index in [2.05, 4.69) is 10.3 Å². The van der Waals surface area contributed by atoms with Crippen LogP contribution in [0.15, 0.2) is 29.1 Å². The number of rotatable bonds is 3. The number of anilines is 1. The van der Waals surface area contributed by atoms with E-state index in [1.807, 2.05) is 0 Å². The minimum absolute atomic E-state index is 0.0241. The van der Waals surface area contributed by atoms with E-state index in [9.17, 15) is 14.9 Å². The maximum absolute atomic E-state index is 11.9. The predicted octanol–water partition coefficient (Wildman–Crippen LogP) is 2.96. The van der Waals surface area contributed by atoms with Gasteiger partial charge in [-0.05, 0) is 17.5 Å². The number of aromatic nitrogens is 1. The van der Waals surface area contributed by atoms with Crippen molar-refractivity contribution in [2.24, 2.45) is 0 Å². The molecule has 0 atom stereocenters. The van der Waals surface area contributed by atoms with Crippen LogP contribution in [-0.4, -0.2) is 15.8 Å². The number of nitro groups is 1. The van der Waals surface area contributed by atoms with Gasteiger partial charge in [0.05, 0.1) is 10.6 Å². The fourth-order valence-corrected chi connectivity index (χ4v) is 2.03. The third-order valence-corrected chi connectivity index (χ3v) is 2.96. The van der Waals surface area contributed by atoms with Gasteiger partial charge < -0.3 is 5.32 Å². The first kappa shape index (κ1) is 12.5. The van der Waals surface area contributed by atoms with Crippen molar-refractivity contribution in [3.8, 4) is 0 Å². The van der Waals surface area contributed by atoms with Crippen LogP contribution in [0.4, 0.5) is 11.4 Å². The van der Waals surface area contributed by atoms with Crippen molar-refractivity contribution in [3.05, 3.63) is 49.9 Å². The topological polar surface area (TPSA) is 85.1 Å². The molecule has 0 aromatic carbocycles. The van der Waals surface area contributed by atoms with Gasteiger partial charge in [0.25, 0.3) is 11.6 Å². The first-order chi connectivity index (χ1) is 8.58. The van der Waals surface area contributed by atoms with Crippen LogP contribution < -0.4 is 5.32 Å². The van der Waals surface area contributed by atoms with Crippen molar-refractivity contribution in [1.82, 2.24) is 4.98 Å². The lowest BCUT2D eigenvalue weighted by atomic mass is 10.2. The molecule has 0 bridgehead atoms. The third-order valence-electron chi connectivity index (χ3n) is 2.07. The molecule has 0 aliphatic rings. The lowest BCUT2D eigenvalue weighted by Gasteiger charge is -2.03. The Labute approximate surface area is 110 Å². The molecule has 0 aliphatic carbocycles. The fraction of sp³-hybridized carbons (Fsp3) is 0. The second-order valence-corrected chi connectivity index (χ2v) is 4.41. The molecule has 0 saturated carbocycles. The SMILES string of the molecule is O=C(Nc1ccsc1)c1cc(Cl)ncc1[N+](=O)[O-]. The summed E-state index contributed by atoms with van der Waals surface area (Å²) in [5.41, 5.74) is 0.0746. The summed E-state index contributed by atoms with van der Waals surface area (Å²) in [6.07, 6.45) is 0.963. The summed E-state index contributed by atoms with van der Waals surface area (Å²) in [5, 5.41) is 16.8. The molecule has 0 aliphatic heterocycles. The highest BCUT2D eigenvalue weighted by Gasteiger charge is 2.21. The van der Waals surface area contributed by atoms with Crippen LogP contribution in [0.1, 0.15) is 10.4 Å². The highest BCUT2D eigenvalue weighted by atomic mass is 35.5. The number of hydrogen-bond donors (Lipinski definition) is 1. The van der Waals surface area contributed by atoms with E-state index in [4.69, 9.17) is 11.6 Å². The number of halogens is 1. The molecule has 1 N–H and O–H groups in total. The van der Waals surface area contributed by atoms with Gasteiger partial charge in [-0.15, -0.1) is 0 Å².